The van der Waals surface area contributed by atoms with E-state index >= 15 is 0 Å². The maximum atomic E-state index is 8.67. The van der Waals surface area contributed by atoms with Crippen LogP contribution in [0.2, 0.25) is 0 Å². The molecular formula is C16H26N4O. The minimum Gasteiger partial charge on any atom is -0.409 e. The molecule has 0 bridgehead atoms. The maximum absolute atomic E-state index is 8.67. The number of nitrogens with zero attached hydrogens (tertiary/aromatic N) is 3. The summed E-state index contributed by atoms with van der Waals surface area (Å²) in [5.74, 6) is 0.154. The van der Waals surface area contributed by atoms with Gasteiger partial charge < -0.3 is 15.8 Å². The average Bonchev–Trinajstić information content (AvgIpc) is 2.55. The number of oxime groups is 1. The first-order valence-corrected chi connectivity index (χ1v) is 7.63. The minimum atomic E-state index is 0.154. The van der Waals surface area contributed by atoms with Gasteiger partial charge in [0.05, 0.1) is 0 Å². The van der Waals surface area contributed by atoms with Crippen molar-refractivity contribution in [2.45, 2.75) is 32.4 Å². The van der Waals surface area contributed by atoms with Gasteiger partial charge in [0.15, 0.2) is 5.84 Å². The lowest BCUT2D eigenvalue weighted by atomic mass is 10.0. The normalized spacial score (nSPS) is 18.3. The molecule has 3 N–H and O–H groups in total. The Morgan fingerprint density at radius 3 is 2.48 bits per heavy atom. The third-order valence-electron chi connectivity index (χ3n) is 4.42. The quantitative estimate of drug-likeness (QED) is 0.375. The maximum Gasteiger partial charge on any atom is 0.170 e. The zero-order valence-electron chi connectivity index (χ0n) is 13.0. The van der Waals surface area contributed by atoms with Gasteiger partial charge in [-0.2, -0.15) is 0 Å². The molecule has 0 spiro atoms. The number of piperidine rings is 1. The Morgan fingerprint density at radius 1 is 1.33 bits per heavy atom. The summed E-state index contributed by atoms with van der Waals surface area (Å²) in [5, 5.41) is 11.7. The highest BCUT2D eigenvalue weighted by Gasteiger charge is 2.21. The van der Waals surface area contributed by atoms with E-state index in [9.17, 15) is 0 Å². The molecule has 0 amide bonds. The molecule has 1 aliphatic heterocycles. The van der Waals surface area contributed by atoms with Crippen LogP contribution >= 0.6 is 0 Å². The van der Waals surface area contributed by atoms with Gasteiger partial charge in [0.25, 0.3) is 0 Å². The first-order chi connectivity index (χ1) is 10.1. The van der Waals surface area contributed by atoms with Crippen LogP contribution < -0.4 is 5.73 Å². The molecule has 0 radical (unpaired) electrons. The largest absolute Gasteiger partial charge is 0.409 e. The van der Waals surface area contributed by atoms with Gasteiger partial charge in [-0.3, -0.25) is 4.90 Å². The van der Waals surface area contributed by atoms with Gasteiger partial charge in [-0.25, -0.2) is 0 Å². The Bertz CT molecular complexity index is 464. The van der Waals surface area contributed by atoms with Gasteiger partial charge in [-0.15, -0.1) is 0 Å². The Balaban J connectivity index is 1.89. The highest BCUT2D eigenvalue weighted by Crippen LogP contribution is 2.17. The summed E-state index contributed by atoms with van der Waals surface area (Å²) in [6, 6.07) is 8.56. The second kappa shape index (κ2) is 7.43. The monoisotopic (exact) mass is 290 g/mol. The minimum absolute atomic E-state index is 0.154. The molecule has 0 unspecified atom stereocenters. The van der Waals surface area contributed by atoms with E-state index in [1.165, 1.54) is 31.5 Å². The van der Waals surface area contributed by atoms with Gasteiger partial charge in [-0.1, -0.05) is 36.3 Å². The molecule has 21 heavy (non-hydrogen) atoms. The van der Waals surface area contributed by atoms with Crippen LogP contribution in [0.1, 0.15) is 30.9 Å². The van der Waals surface area contributed by atoms with Crippen LogP contribution in [0.5, 0.6) is 0 Å². The summed E-state index contributed by atoms with van der Waals surface area (Å²) in [6.45, 7) is 6.73. The number of nitrogens with two attached hydrogens (primary N) is 1. The van der Waals surface area contributed by atoms with Crippen molar-refractivity contribution in [1.82, 2.24) is 9.80 Å². The van der Waals surface area contributed by atoms with Crippen LogP contribution in [-0.4, -0.2) is 53.6 Å². The summed E-state index contributed by atoms with van der Waals surface area (Å²) in [5.41, 5.74) is 7.58. The van der Waals surface area contributed by atoms with Gasteiger partial charge >= 0.3 is 0 Å². The van der Waals surface area contributed by atoms with Crippen LogP contribution in [0, 0.1) is 0 Å². The third kappa shape index (κ3) is 4.19. The van der Waals surface area contributed by atoms with E-state index < -0.39 is 0 Å². The Kier molecular flexibility index (Phi) is 5.59. The predicted molar refractivity (Wildman–Crippen MR) is 85.6 cm³/mol. The molecule has 116 valence electrons. The number of amidine groups is 1. The molecule has 0 aliphatic carbocycles. The van der Waals surface area contributed by atoms with Gasteiger partial charge in [0, 0.05) is 18.2 Å². The highest BCUT2D eigenvalue weighted by atomic mass is 16.4. The van der Waals surface area contributed by atoms with Crippen molar-refractivity contribution < 1.29 is 5.21 Å². The van der Waals surface area contributed by atoms with Crippen molar-refractivity contribution >= 4 is 5.84 Å². The van der Waals surface area contributed by atoms with E-state index in [-0.39, 0.29) is 5.84 Å². The molecule has 5 heteroatoms. The molecule has 0 saturated carbocycles. The summed E-state index contributed by atoms with van der Waals surface area (Å²) < 4.78 is 0. The number of hydrogen-bond acceptors (Lipinski definition) is 4. The number of likely N-dealkylation sites (tertiary alicyclic amines) is 1. The van der Waals surface area contributed by atoms with E-state index in [4.69, 9.17) is 10.9 Å². The lowest BCUT2D eigenvalue weighted by molar-refractivity contribution is 0.127. The zero-order chi connectivity index (χ0) is 15.2. The fourth-order valence-electron chi connectivity index (χ4n) is 2.93. The lowest BCUT2D eigenvalue weighted by Crippen LogP contribution is -2.42. The van der Waals surface area contributed by atoms with E-state index in [0.717, 1.165) is 18.7 Å². The number of rotatable bonds is 5. The Hall–Kier alpha value is -1.59. The molecule has 1 fully saturated rings. The van der Waals surface area contributed by atoms with Crippen LogP contribution in [-0.2, 0) is 6.54 Å². The van der Waals surface area contributed by atoms with Crippen LogP contribution in [0.25, 0.3) is 0 Å². The average molecular weight is 290 g/mol. The van der Waals surface area contributed by atoms with Crippen molar-refractivity contribution in [2.75, 3.05) is 26.7 Å². The second-order valence-corrected chi connectivity index (χ2v) is 5.76. The van der Waals surface area contributed by atoms with E-state index in [1.807, 2.05) is 24.3 Å². The summed E-state index contributed by atoms with van der Waals surface area (Å²) in [4.78, 5) is 4.95. The molecule has 1 saturated heterocycles. The first-order valence-electron chi connectivity index (χ1n) is 7.63. The second-order valence-electron chi connectivity index (χ2n) is 5.76. The molecule has 2 rings (SSSR count). The Morgan fingerprint density at radius 2 is 1.95 bits per heavy atom. The Labute approximate surface area is 127 Å². The first kappa shape index (κ1) is 15.8. The van der Waals surface area contributed by atoms with Gasteiger partial charge in [0.2, 0.25) is 0 Å². The van der Waals surface area contributed by atoms with E-state index in [2.05, 4.69) is 28.9 Å². The van der Waals surface area contributed by atoms with Crippen molar-refractivity contribution in [1.29, 1.82) is 0 Å². The standard InChI is InChI=1S/C16H26N4O/c1-3-20-10-8-15(9-11-20)19(2)12-13-4-6-14(7-5-13)16(17)18-21/h4-7,15,21H,3,8-12H2,1-2H3,(H2,17,18). The van der Waals surface area contributed by atoms with E-state index in [0.29, 0.717) is 6.04 Å². The van der Waals surface area contributed by atoms with Crippen LogP contribution in [0.15, 0.2) is 29.4 Å². The van der Waals surface area contributed by atoms with Crippen molar-refractivity contribution in [3.63, 3.8) is 0 Å². The molecule has 1 heterocycles. The van der Waals surface area contributed by atoms with E-state index in [1.54, 1.807) is 0 Å². The summed E-state index contributed by atoms with van der Waals surface area (Å²) in [7, 11) is 2.20. The molecule has 0 aromatic heterocycles. The smallest absolute Gasteiger partial charge is 0.170 e. The van der Waals surface area contributed by atoms with Crippen LogP contribution in [0.4, 0.5) is 0 Å². The summed E-state index contributed by atoms with van der Waals surface area (Å²) >= 11 is 0. The fraction of sp³-hybridized carbons (Fsp3) is 0.562. The molecule has 1 aromatic rings. The molecule has 0 atom stereocenters. The van der Waals surface area contributed by atoms with Crippen molar-refractivity contribution in [3.05, 3.63) is 35.4 Å². The van der Waals surface area contributed by atoms with Crippen LogP contribution in [0.3, 0.4) is 0 Å². The predicted octanol–water partition coefficient (Wildman–Crippen LogP) is 1.70. The van der Waals surface area contributed by atoms with Crippen molar-refractivity contribution in [3.8, 4) is 0 Å². The topological polar surface area (TPSA) is 65.1 Å². The lowest BCUT2D eigenvalue weighted by Gasteiger charge is -2.36. The molecule has 1 aliphatic rings. The zero-order valence-corrected chi connectivity index (χ0v) is 13.0. The van der Waals surface area contributed by atoms with Crippen molar-refractivity contribution in [2.24, 2.45) is 10.9 Å². The molecule has 1 aromatic carbocycles. The molecular weight excluding hydrogens is 264 g/mol. The number of benzene rings is 1. The number of hydrogen-bond donors (Lipinski definition) is 2. The summed E-state index contributed by atoms with van der Waals surface area (Å²) in [6.07, 6.45) is 2.49. The highest BCUT2D eigenvalue weighted by molar-refractivity contribution is 5.96. The molecule has 5 nitrogen and oxygen atoms in total. The third-order valence-corrected chi connectivity index (χ3v) is 4.42. The van der Waals surface area contributed by atoms with Gasteiger partial charge in [-0.05, 0) is 45.1 Å². The SMILES string of the molecule is CCN1CCC(N(C)Cc2ccc(C(N)=NO)cc2)CC1. The fourth-order valence-corrected chi connectivity index (χ4v) is 2.93. The van der Waals surface area contributed by atoms with Gasteiger partial charge in [0.1, 0.15) is 0 Å².